The molecule has 0 aliphatic heterocycles. The highest BCUT2D eigenvalue weighted by atomic mass is 79.9. The number of hydrogen-bond donors (Lipinski definition) is 1. The Balaban J connectivity index is 2.32. The Morgan fingerprint density at radius 1 is 1.25 bits per heavy atom. The maximum atomic E-state index is 14.1. The van der Waals surface area contributed by atoms with Crippen LogP contribution in [-0.2, 0) is 6.42 Å². The largest absolute Gasteiger partial charge is 0.310 e. The van der Waals surface area contributed by atoms with Gasteiger partial charge in [0.2, 0.25) is 0 Å². The maximum Gasteiger partial charge on any atom is 0.128 e. The minimum absolute atomic E-state index is 0.0996. The summed E-state index contributed by atoms with van der Waals surface area (Å²) >= 11 is 9.59. The van der Waals surface area contributed by atoms with Crippen molar-refractivity contribution in [3.05, 3.63) is 68.9 Å². The molecule has 0 aromatic heterocycles. The lowest BCUT2D eigenvalue weighted by Gasteiger charge is -2.20. The highest BCUT2D eigenvalue weighted by Crippen LogP contribution is 2.27. The third-order valence-electron chi connectivity index (χ3n) is 3.17. The Kier molecular flexibility index (Phi) is 5.58. The van der Waals surface area contributed by atoms with Crippen molar-refractivity contribution < 1.29 is 4.39 Å². The van der Waals surface area contributed by atoms with E-state index in [2.05, 4.69) is 21.2 Å². The van der Waals surface area contributed by atoms with E-state index < -0.39 is 0 Å². The summed E-state index contributed by atoms with van der Waals surface area (Å²) in [6.07, 6.45) is 0.654. The SMILES string of the molecule is CCNC(Cc1ccccc1Cl)c1cc(Br)ccc1F. The quantitative estimate of drug-likeness (QED) is 0.782. The van der Waals surface area contributed by atoms with Gasteiger partial charge in [-0.1, -0.05) is 52.7 Å². The van der Waals surface area contributed by atoms with Crippen molar-refractivity contribution in [1.82, 2.24) is 5.32 Å². The van der Waals surface area contributed by atoms with Crippen molar-refractivity contribution in [2.24, 2.45) is 0 Å². The van der Waals surface area contributed by atoms with Gasteiger partial charge in [0.05, 0.1) is 0 Å². The Morgan fingerprint density at radius 2 is 2.00 bits per heavy atom. The summed E-state index contributed by atoms with van der Waals surface area (Å²) in [5.41, 5.74) is 1.67. The van der Waals surface area contributed by atoms with E-state index in [1.807, 2.05) is 37.3 Å². The van der Waals surface area contributed by atoms with Crippen LogP contribution in [0.5, 0.6) is 0 Å². The first-order valence-electron chi connectivity index (χ1n) is 6.53. The first-order valence-corrected chi connectivity index (χ1v) is 7.70. The predicted molar refractivity (Wildman–Crippen MR) is 85.7 cm³/mol. The van der Waals surface area contributed by atoms with Gasteiger partial charge in [0.25, 0.3) is 0 Å². The van der Waals surface area contributed by atoms with Gasteiger partial charge in [0.15, 0.2) is 0 Å². The second-order valence-corrected chi connectivity index (χ2v) is 5.89. The first-order chi connectivity index (χ1) is 9.61. The highest BCUT2D eigenvalue weighted by Gasteiger charge is 2.17. The number of benzene rings is 2. The van der Waals surface area contributed by atoms with Gasteiger partial charge in [-0.25, -0.2) is 4.39 Å². The summed E-state index contributed by atoms with van der Waals surface area (Å²) < 4.78 is 14.9. The van der Waals surface area contributed by atoms with E-state index in [0.29, 0.717) is 17.0 Å². The van der Waals surface area contributed by atoms with Crippen LogP contribution in [0.4, 0.5) is 4.39 Å². The lowest BCUT2D eigenvalue weighted by atomic mass is 9.98. The summed E-state index contributed by atoms with van der Waals surface area (Å²) in [6.45, 7) is 2.77. The standard InChI is InChI=1S/C16H16BrClFN/c1-2-20-16(9-11-5-3-4-6-14(11)18)13-10-12(17)7-8-15(13)19/h3-8,10,16,20H,2,9H2,1H3. The summed E-state index contributed by atoms with van der Waals surface area (Å²) in [7, 11) is 0. The molecule has 0 spiro atoms. The fourth-order valence-corrected chi connectivity index (χ4v) is 2.80. The van der Waals surface area contributed by atoms with Crippen LogP contribution in [0.2, 0.25) is 5.02 Å². The first kappa shape index (κ1) is 15.5. The van der Waals surface area contributed by atoms with Gasteiger partial charge in [-0.2, -0.15) is 0 Å². The molecule has 1 N–H and O–H groups in total. The van der Waals surface area contributed by atoms with Crippen LogP contribution < -0.4 is 5.32 Å². The third-order valence-corrected chi connectivity index (χ3v) is 4.03. The van der Waals surface area contributed by atoms with Crippen LogP contribution in [0.15, 0.2) is 46.9 Å². The van der Waals surface area contributed by atoms with E-state index in [1.165, 1.54) is 6.07 Å². The fraction of sp³-hybridized carbons (Fsp3) is 0.250. The topological polar surface area (TPSA) is 12.0 Å². The fourth-order valence-electron chi connectivity index (χ4n) is 2.20. The molecule has 0 saturated heterocycles. The van der Waals surface area contributed by atoms with E-state index >= 15 is 0 Å². The second-order valence-electron chi connectivity index (χ2n) is 4.57. The van der Waals surface area contributed by atoms with Crippen LogP contribution in [0.25, 0.3) is 0 Å². The molecule has 0 radical (unpaired) electrons. The van der Waals surface area contributed by atoms with Gasteiger partial charge in [-0.3, -0.25) is 0 Å². The molecule has 106 valence electrons. The van der Waals surface area contributed by atoms with E-state index in [9.17, 15) is 4.39 Å². The highest BCUT2D eigenvalue weighted by molar-refractivity contribution is 9.10. The molecular formula is C16H16BrClFN. The van der Waals surface area contributed by atoms with E-state index in [-0.39, 0.29) is 11.9 Å². The Bertz CT molecular complexity index is 588. The Morgan fingerprint density at radius 3 is 2.70 bits per heavy atom. The molecule has 0 amide bonds. The molecular weight excluding hydrogens is 341 g/mol. The van der Waals surface area contributed by atoms with E-state index in [1.54, 1.807) is 6.07 Å². The molecule has 4 heteroatoms. The van der Waals surface area contributed by atoms with Gasteiger partial charge in [-0.05, 0) is 42.8 Å². The molecule has 2 rings (SSSR count). The zero-order chi connectivity index (χ0) is 14.5. The third kappa shape index (κ3) is 3.81. The molecule has 0 aliphatic carbocycles. The second kappa shape index (κ2) is 7.21. The molecule has 2 aromatic rings. The van der Waals surface area contributed by atoms with E-state index in [0.717, 1.165) is 16.6 Å². The minimum atomic E-state index is -0.203. The molecule has 0 fully saturated rings. The van der Waals surface area contributed by atoms with Gasteiger partial charge < -0.3 is 5.32 Å². The Labute approximate surface area is 132 Å². The van der Waals surface area contributed by atoms with Crippen LogP contribution in [0, 0.1) is 5.82 Å². The van der Waals surface area contributed by atoms with Crippen LogP contribution in [0.1, 0.15) is 24.1 Å². The predicted octanol–water partition coefficient (Wildman–Crippen LogP) is 5.13. The Hall–Kier alpha value is -0.900. The maximum absolute atomic E-state index is 14.1. The summed E-state index contributed by atoms with van der Waals surface area (Å²) in [6, 6.07) is 12.6. The van der Waals surface area contributed by atoms with Crippen molar-refractivity contribution in [3.8, 4) is 0 Å². The zero-order valence-electron chi connectivity index (χ0n) is 11.2. The number of likely N-dealkylation sites (N-methyl/N-ethyl adjacent to an activating group) is 1. The smallest absolute Gasteiger partial charge is 0.128 e. The molecule has 2 aromatic carbocycles. The van der Waals surface area contributed by atoms with Crippen molar-refractivity contribution in [3.63, 3.8) is 0 Å². The normalized spacial score (nSPS) is 12.4. The van der Waals surface area contributed by atoms with Gasteiger partial charge in [0.1, 0.15) is 5.82 Å². The minimum Gasteiger partial charge on any atom is -0.310 e. The van der Waals surface area contributed by atoms with Gasteiger partial charge in [0, 0.05) is 21.1 Å². The number of rotatable bonds is 5. The molecule has 0 bridgehead atoms. The number of nitrogens with one attached hydrogen (secondary N) is 1. The molecule has 0 aliphatic rings. The van der Waals surface area contributed by atoms with Crippen LogP contribution in [0.3, 0.4) is 0 Å². The monoisotopic (exact) mass is 355 g/mol. The average molecular weight is 357 g/mol. The van der Waals surface area contributed by atoms with Crippen LogP contribution >= 0.6 is 27.5 Å². The lowest BCUT2D eigenvalue weighted by Crippen LogP contribution is -2.24. The van der Waals surface area contributed by atoms with E-state index in [4.69, 9.17) is 11.6 Å². The molecule has 20 heavy (non-hydrogen) atoms. The van der Waals surface area contributed by atoms with Gasteiger partial charge in [-0.15, -0.1) is 0 Å². The number of hydrogen-bond acceptors (Lipinski definition) is 1. The van der Waals surface area contributed by atoms with Crippen molar-refractivity contribution in [2.75, 3.05) is 6.54 Å². The molecule has 1 nitrogen and oxygen atoms in total. The summed E-state index contributed by atoms with van der Waals surface area (Å²) in [4.78, 5) is 0. The molecule has 1 unspecified atom stereocenters. The number of halogens is 3. The van der Waals surface area contributed by atoms with Gasteiger partial charge >= 0.3 is 0 Å². The summed E-state index contributed by atoms with van der Waals surface area (Å²) in [5, 5.41) is 4.04. The molecule has 0 heterocycles. The van der Waals surface area contributed by atoms with Crippen molar-refractivity contribution in [2.45, 2.75) is 19.4 Å². The molecule has 0 saturated carbocycles. The average Bonchev–Trinajstić information content (AvgIpc) is 2.43. The van der Waals surface area contributed by atoms with Crippen LogP contribution in [-0.4, -0.2) is 6.54 Å². The molecule has 1 atom stereocenters. The summed E-state index contributed by atoms with van der Waals surface area (Å²) in [5.74, 6) is -0.203. The van der Waals surface area contributed by atoms with Crippen molar-refractivity contribution >= 4 is 27.5 Å². The zero-order valence-corrected chi connectivity index (χ0v) is 13.5. The lowest BCUT2D eigenvalue weighted by molar-refractivity contribution is 0.509. The van der Waals surface area contributed by atoms with Crippen molar-refractivity contribution in [1.29, 1.82) is 0 Å².